The van der Waals surface area contributed by atoms with Gasteiger partial charge in [0.1, 0.15) is 11.4 Å². The van der Waals surface area contributed by atoms with Crippen LogP contribution in [0.1, 0.15) is 13.3 Å². The van der Waals surface area contributed by atoms with Gasteiger partial charge in [0.2, 0.25) is 0 Å². The van der Waals surface area contributed by atoms with Crippen LogP contribution in [0.25, 0.3) is 0 Å². The molecule has 0 amide bonds. The smallest absolute Gasteiger partial charge is 0.292 e. The Bertz CT molecular complexity index is 394. The maximum atomic E-state index is 10.8. The molecule has 0 saturated carbocycles. The molecule has 0 spiro atoms. The molecule has 0 heterocycles. The third-order valence-corrected chi connectivity index (χ3v) is 2.32. The number of methoxy groups -OCH3 is 1. The second kappa shape index (κ2) is 6.05. The molecule has 17 heavy (non-hydrogen) atoms. The lowest BCUT2D eigenvalue weighted by Crippen LogP contribution is -2.19. The van der Waals surface area contributed by atoms with E-state index in [9.17, 15) is 10.1 Å². The number of hydrogen-bond donors (Lipinski definition) is 2. The Morgan fingerprint density at radius 1 is 1.59 bits per heavy atom. The van der Waals surface area contributed by atoms with Gasteiger partial charge in [0.15, 0.2) is 0 Å². The highest BCUT2D eigenvalue weighted by molar-refractivity contribution is 5.64. The number of nitrogens with zero attached hydrogens (tertiary/aromatic N) is 1. The van der Waals surface area contributed by atoms with Gasteiger partial charge in [-0.05, 0) is 19.4 Å². The lowest BCUT2D eigenvalue weighted by atomic mass is 10.2. The summed E-state index contributed by atoms with van der Waals surface area (Å²) < 4.78 is 5.03. The van der Waals surface area contributed by atoms with Crippen LogP contribution >= 0.6 is 0 Å². The van der Waals surface area contributed by atoms with Crippen LogP contribution < -0.4 is 15.8 Å². The highest BCUT2D eigenvalue weighted by atomic mass is 16.6. The first-order chi connectivity index (χ1) is 8.04. The molecule has 0 aliphatic rings. The first-order valence-electron chi connectivity index (χ1n) is 5.36. The fourth-order valence-electron chi connectivity index (χ4n) is 1.38. The highest BCUT2D eigenvalue weighted by Gasteiger charge is 2.14. The molecule has 0 aliphatic heterocycles. The van der Waals surface area contributed by atoms with Crippen molar-refractivity contribution in [3.05, 3.63) is 28.3 Å². The number of anilines is 1. The van der Waals surface area contributed by atoms with Crippen LogP contribution in [-0.4, -0.2) is 24.6 Å². The largest absolute Gasteiger partial charge is 0.497 e. The van der Waals surface area contributed by atoms with Crippen molar-refractivity contribution >= 4 is 11.4 Å². The van der Waals surface area contributed by atoms with Crippen LogP contribution in [0.4, 0.5) is 11.4 Å². The summed E-state index contributed by atoms with van der Waals surface area (Å²) in [7, 11) is 1.52. The molecular formula is C11H17N3O3. The molecule has 0 bridgehead atoms. The molecule has 94 valence electrons. The Balaban J connectivity index is 2.82. The lowest BCUT2D eigenvalue weighted by molar-refractivity contribution is -0.384. The summed E-state index contributed by atoms with van der Waals surface area (Å²) in [6, 6.07) is 4.66. The zero-order chi connectivity index (χ0) is 12.8. The van der Waals surface area contributed by atoms with Crippen molar-refractivity contribution in [2.45, 2.75) is 19.4 Å². The predicted octanol–water partition coefficient (Wildman–Crippen LogP) is 1.75. The van der Waals surface area contributed by atoms with Crippen molar-refractivity contribution in [2.24, 2.45) is 5.73 Å². The summed E-state index contributed by atoms with van der Waals surface area (Å²) in [5, 5.41) is 13.8. The average Bonchev–Trinajstić information content (AvgIpc) is 2.28. The van der Waals surface area contributed by atoms with E-state index in [1.165, 1.54) is 13.2 Å². The van der Waals surface area contributed by atoms with E-state index >= 15 is 0 Å². The fourth-order valence-corrected chi connectivity index (χ4v) is 1.38. The Hall–Kier alpha value is -1.82. The Kier molecular flexibility index (Phi) is 4.71. The van der Waals surface area contributed by atoms with Crippen molar-refractivity contribution in [1.29, 1.82) is 0 Å². The molecule has 0 fully saturated rings. The van der Waals surface area contributed by atoms with E-state index in [4.69, 9.17) is 10.5 Å². The van der Waals surface area contributed by atoms with Crippen molar-refractivity contribution < 1.29 is 9.66 Å². The molecule has 0 aromatic heterocycles. The molecule has 1 aromatic carbocycles. The van der Waals surface area contributed by atoms with E-state index in [2.05, 4.69) is 5.32 Å². The van der Waals surface area contributed by atoms with Crippen LogP contribution in [0.15, 0.2) is 18.2 Å². The van der Waals surface area contributed by atoms with E-state index in [1.807, 2.05) is 6.92 Å². The quantitative estimate of drug-likeness (QED) is 0.583. The number of nitro groups is 1. The fraction of sp³-hybridized carbons (Fsp3) is 0.455. The summed E-state index contributed by atoms with van der Waals surface area (Å²) in [4.78, 5) is 10.4. The zero-order valence-electron chi connectivity index (χ0n) is 9.97. The topological polar surface area (TPSA) is 90.4 Å². The van der Waals surface area contributed by atoms with Crippen LogP contribution in [0.3, 0.4) is 0 Å². The second-order valence-electron chi connectivity index (χ2n) is 3.83. The third kappa shape index (κ3) is 3.92. The van der Waals surface area contributed by atoms with Crippen LogP contribution in [0, 0.1) is 10.1 Å². The standard InChI is InChI=1S/C11H17N3O3/c1-8(12)5-6-13-10-7-9(17-2)3-4-11(10)14(15)16/h3-4,7-8,13H,5-6,12H2,1-2H3. The van der Waals surface area contributed by atoms with Crippen molar-refractivity contribution in [1.82, 2.24) is 0 Å². The molecule has 3 N–H and O–H groups in total. The van der Waals surface area contributed by atoms with Gasteiger partial charge in [0.25, 0.3) is 5.69 Å². The van der Waals surface area contributed by atoms with Crippen LogP contribution in [-0.2, 0) is 0 Å². The SMILES string of the molecule is COc1ccc([N+](=O)[O-])c(NCCC(C)N)c1. The highest BCUT2D eigenvalue weighted by Crippen LogP contribution is 2.28. The normalized spacial score (nSPS) is 11.9. The van der Waals surface area contributed by atoms with E-state index in [1.54, 1.807) is 12.1 Å². The summed E-state index contributed by atoms with van der Waals surface area (Å²) in [5.41, 5.74) is 6.10. The molecule has 0 aliphatic carbocycles. The number of rotatable bonds is 6. The van der Waals surface area contributed by atoms with Gasteiger partial charge in [-0.2, -0.15) is 0 Å². The van der Waals surface area contributed by atoms with Crippen molar-refractivity contribution in [3.8, 4) is 5.75 Å². The van der Waals surface area contributed by atoms with Crippen molar-refractivity contribution in [3.63, 3.8) is 0 Å². The van der Waals surface area contributed by atoms with Crippen molar-refractivity contribution in [2.75, 3.05) is 19.0 Å². The molecule has 1 rings (SSSR count). The van der Waals surface area contributed by atoms with E-state index in [0.29, 0.717) is 18.0 Å². The Labute approximate surface area is 99.9 Å². The summed E-state index contributed by atoms with van der Waals surface area (Å²) >= 11 is 0. The van der Waals surface area contributed by atoms with Crippen LogP contribution in [0.2, 0.25) is 0 Å². The van der Waals surface area contributed by atoms with E-state index < -0.39 is 4.92 Å². The second-order valence-corrected chi connectivity index (χ2v) is 3.83. The molecule has 0 saturated heterocycles. The summed E-state index contributed by atoms with van der Waals surface area (Å²) in [6.07, 6.45) is 0.744. The summed E-state index contributed by atoms with van der Waals surface area (Å²) in [6.45, 7) is 2.48. The van der Waals surface area contributed by atoms with Gasteiger partial charge in [-0.25, -0.2) is 0 Å². The van der Waals surface area contributed by atoms with Crippen LogP contribution in [0.5, 0.6) is 5.75 Å². The van der Waals surface area contributed by atoms with Gasteiger partial charge in [-0.3, -0.25) is 10.1 Å². The van der Waals surface area contributed by atoms with Gasteiger partial charge >= 0.3 is 0 Å². The molecule has 6 nitrogen and oxygen atoms in total. The number of hydrogen-bond acceptors (Lipinski definition) is 5. The molecule has 0 radical (unpaired) electrons. The maximum absolute atomic E-state index is 10.8. The molecule has 1 unspecified atom stereocenters. The molecule has 6 heteroatoms. The number of benzene rings is 1. The maximum Gasteiger partial charge on any atom is 0.292 e. The van der Waals surface area contributed by atoms with Gasteiger partial charge in [-0.1, -0.05) is 0 Å². The number of nitrogens with two attached hydrogens (primary N) is 1. The number of nitrogens with one attached hydrogen (secondary N) is 1. The zero-order valence-corrected chi connectivity index (χ0v) is 9.97. The monoisotopic (exact) mass is 239 g/mol. The summed E-state index contributed by atoms with van der Waals surface area (Å²) in [5.74, 6) is 0.582. The predicted molar refractivity (Wildman–Crippen MR) is 66.4 cm³/mol. The molecular weight excluding hydrogens is 222 g/mol. The lowest BCUT2D eigenvalue weighted by Gasteiger charge is -2.10. The number of ether oxygens (including phenoxy) is 1. The van der Waals surface area contributed by atoms with Gasteiger partial charge < -0.3 is 15.8 Å². The van der Waals surface area contributed by atoms with Gasteiger partial charge in [-0.15, -0.1) is 0 Å². The molecule has 1 aromatic rings. The van der Waals surface area contributed by atoms with Gasteiger partial charge in [0, 0.05) is 24.7 Å². The molecule has 1 atom stereocenters. The minimum atomic E-state index is -0.423. The Morgan fingerprint density at radius 2 is 2.29 bits per heavy atom. The minimum absolute atomic E-state index is 0.0375. The first kappa shape index (κ1) is 13.2. The first-order valence-corrected chi connectivity index (χ1v) is 5.36. The Morgan fingerprint density at radius 3 is 2.82 bits per heavy atom. The number of nitro benzene ring substituents is 1. The average molecular weight is 239 g/mol. The minimum Gasteiger partial charge on any atom is -0.497 e. The van der Waals surface area contributed by atoms with E-state index in [0.717, 1.165) is 6.42 Å². The van der Waals surface area contributed by atoms with Gasteiger partial charge in [0.05, 0.1) is 12.0 Å². The van der Waals surface area contributed by atoms with E-state index in [-0.39, 0.29) is 11.7 Å². The third-order valence-electron chi connectivity index (χ3n) is 2.32.